The zero-order chi connectivity index (χ0) is 14.6. The van der Waals surface area contributed by atoms with E-state index in [9.17, 15) is 17.2 Å². The van der Waals surface area contributed by atoms with Gasteiger partial charge in [-0.05, 0) is 37.1 Å². The minimum atomic E-state index is -3.00. The first kappa shape index (κ1) is 16.0. The Kier molecular flexibility index (Phi) is 5.43. The highest BCUT2D eigenvalue weighted by Crippen LogP contribution is 2.16. The maximum Gasteiger partial charge on any atom is 0.159 e. The molecule has 3 nitrogen and oxygen atoms in total. The van der Waals surface area contributed by atoms with Gasteiger partial charge in [-0.1, -0.05) is 13.0 Å². The minimum Gasteiger partial charge on any atom is -0.310 e. The van der Waals surface area contributed by atoms with Gasteiger partial charge in [-0.15, -0.1) is 0 Å². The largest absolute Gasteiger partial charge is 0.310 e. The second-order valence-electron chi connectivity index (χ2n) is 5.00. The van der Waals surface area contributed by atoms with Gasteiger partial charge in [0.1, 0.15) is 9.84 Å². The molecule has 0 aliphatic carbocycles. The second kappa shape index (κ2) is 6.43. The second-order valence-corrected chi connectivity index (χ2v) is 7.19. The van der Waals surface area contributed by atoms with E-state index in [2.05, 4.69) is 5.32 Å². The summed E-state index contributed by atoms with van der Waals surface area (Å²) in [5, 5.41) is 3.11. The molecule has 0 bridgehead atoms. The molecule has 0 spiro atoms. The first-order chi connectivity index (χ1) is 8.69. The molecule has 108 valence electrons. The Bertz CT molecular complexity index is 531. The molecule has 0 saturated carbocycles. The van der Waals surface area contributed by atoms with Crippen molar-refractivity contribution < 1.29 is 17.2 Å². The Labute approximate surface area is 112 Å². The van der Waals surface area contributed by atoms with Crippen LogP contribution in [-0.4, -0.2) is 27.0 Å². The average molecular weight is 291 g/mol. The van der Waals surface area contributed by atoms with Crippen LogP contribution in [0.1, 0.15) is 25.5 Å². The summed E-state index contributed by atoms with van der Waals surface area (Å²) in [6.07, 6.45) is 1.20. The van der Waals surface area contributed by atoms with Gasteiger partial charge in [-0.3, -0.25) is 0 Å². The van der Waals surface area contributed by atoms with Crippen LogP contribution in [0.3, 0.4) is 0 Å². The number of rotatable bonds is 6. The maximum absolute atomic E-state index is 13.1. The standard InChI is InChI=1S/C13H19F2NO2S/c1-9(8-19(3,17)18)7-16-10(2)11-4-5-12(14)13(15)6-11/h4-6,9-10,16H,7-8H2,1-3H3/t9-,10-/m0/s1. The summed E-state index contributed by atoms with van der Waals surface area (Å²) in [5.74, 6) is -1.69. The van der Waals surface area contributed by atoms with Gasteiger partial charge in [-0.25, -0.2) is 17.2 Å². The monoisotopic (exact) mass is 291 g/mol. The lowest BCUT2D eigenvalue weighted by molar-refractivity contribution is 0.481. The Balaban J connectivity index is 2.55. The number of nitrogens with one attached hydrogen (secondary N) is 1. The number of halogens is 2. The summed E-state index contributed by atoms with van der Waals surface area (Å²) in [4.78, 5) is 0. The molecule has 0 aromatic heterocycles. The lowest BCUT2D eigenvalue weighted by atomic mass is 10.1. The average Bonchev–Trinajstić information content (AvgIpc) is 2.27. The molecule has 0 aliphatic rings. The molecular weight excluding hydrogens is 272 g/mol. The summed E-state index contributed by atoms with van der Waals surface area (Å²) in [7, 11) is -3.00. The van der Waals surface area contributed by atoms with Crippen LogP contribution in [0.5, 0.6) is 0 Å². The van der Waals surface area contributed by atoms with Gasteiger partial charge in [0.05, 0.1) is 5.75 Å². The van der Waals surface area contributed by atoms with Crippen molar-refractivity contribution in [1.82, 2.24) is 5.32 Å². The number of benzene rings is 1. The Morgan fingerprint density at radius 2 is 1.84 bits per heavy atom. The van der Waals surface area contributed by atoms with Crippen molar-refractivity contribution >= 4 is 9.84 Å². The van der Waals surface area contributed by atoms with Crippen LogP contribution in [0.2, 0.25) is 0 Å². The van der Waals surface area contributed by atoms with Crippen molar-refractivity contribution in [3.8, 4) is 0 Å². The van der Waals surface area contributed by atoms with Gasteiger partial charge in [0.2, 0.25) is 0 Å². The third-order valence-corrected chi connectivity index (χ3v) is 3.98. The molecule has 0 unspecified atom stereocenters. The molecule has 0 radical (unpaired) electrons. The van der Waals surface area contributed by atoms with Crippen molar-refractivity contribution in [1.29, 1.82) is 0 Å². The van der Waals surface area contributed by atoms with E-state index < -0.39 is 21.5 Å². The zero-order valence-electron chi connectivity index (χ0n) is 11.3. The van der Waals surface area contributed by atoms with Crippen LogP contribution < -0.4 is 5.32 Å². The van der Waals surface area contributed by atoms with Gasteiger partial charge in [0.15, 0.2) is 11.6 Å². The summed E-state index contributed by atoms with van der Waals surface area (Å²) in [6, 6.07) is 3.58. The molecule has 0 fully saturated rings. The highest BCUT2D eigenvalue weighted by atomic mass is 32.2. The molecule has 2 atom stereocenters. The highest BCUT2D eigenvalue weighted by Gasteiger charge is 2.13. The van der Waals surface area contributed by atoms with Gasteiger partial charge < -0.3 is 5.32 Å². The molecule has 0 amide bonds. The SMILES string of the molecule is C[C@@H](CN[C@@H](C)c1ccc(F)c(F)c1)CS(C)(=O)=O. The molecule has 0 heterocycles. The van der Waals surface area contributed by atoms with Crippen LogP contribution in [-0.2, 0) is 9.84 Å². The first-order valence-electron chi connectivity index (χ1n) is 6.05. The fourth-order valence-electron chi connectivity index (χ4n) is 1.85. The van der Waals surface area contributed by atoms with E-state index in [0.717, 1.165) is 12.1 Å². The van der Waals surface area contributed by atoms with Gasteiger partial charge >= 0.3 is 0 Å². The van der Waals surface area contributed by atoms with Gasteiger partial charge in [0.25, 0.3) is 0 Å². The molecule has 0 saturated heterocycles. The van der Waals surface area contributed by atoms with E-state index in [1.54, 1.807) is 0 Å². The molecule has 6 heteroatoms. The van der Waals surface area contributed by atoms with Crippen LogP contribution >= 0.6 is 0 Å². The minimum absolute atomic E-state index is 0.0391. The van der Waals surface area contributed by atoms with E-state index in [-0.39, 0.29) is 17.7 Å². The Morgan fingerprint density at radius 1 is 1.21 bits per heavy atom. The molecule has 1 rings (SSSR count). The van der Waals surface area contributed by atoms with Crippen LogP contribution in [0, 0.1) is 17.6 Å². The predicted octanol–water partition coefficient (Wildman–Crippen LogP) is 2.30. The third-order valence-electron chi connectivity index (χ3n) is 2.80. The number of hydrogen-bond acceptors (Lipinski definition) is 3. The lowest BCUT2D eigenvalue weighted by Crippen LogP contribution is -2.28. The topological polar surface area (TPSA) is 46.2 Å². The van der Waals surface area contributed by atoms with Crippen LogP contribution in [0.15, 0.2) is 18.2 Å². The summed E-state index contributed by atoms with van der Waals surface area (Å²) < 4.78 is 48.1. The highest BCUT2D eigenvalue weighted by molar-refractivity contribution is 7.90. The Hall–Kier alpha value is -1.01. The summed E-state index contributed by atoms with van der Waals surface area (Å²) >= 11 is 0. The molecule has 1 aromatic carbocycles. The lowest BCUT2D eigenvalue weighted by Gasteiger charge is -2.17. The van der Waals surface area contributed by atoms with E-state index in [0.29, 0.717) is 12.1 Å². The Morgan fingerprint density at radius 3 is 2.37 bits per heavy atom. The van der Waals surface area contributed by atoms with Gasteiger partial charge in [-0.2, -0.15) is 0 Å². The maximum atomic E-state index is 13.1. The molecule has 0 aliphatic heterocycles. The van der Waals surface area contributed by atoms with Crippen LogP contribution in [0.4, 0.5) is 8.78 Å². The van der Waals surface area contributed by atoms with Crippen molar-refractivity contribution in [2.45, 2.75) is 19.9 Å². The van der Waals surface area contributed by atoms with Crippen molar-refractivity contribution in [3.05, 3.63) is 35.4 Å². The first-order valence-corrected chi connectivity index (χ1v) is 8.11. The van der Waals surface area contributed by atoms with Gasteiger partial charge in [0, 0.05) is 12.3 Å². The van der Waals surface area contributed by atoms with Crippen molar-refractivity contribution in [2.24, 2.45) is 5.92 Å². The van der Waals surface area contributed by atoms with Crippen molar-refractivity contribution in [2.75, 3.05) is 18.6 Å². The van der Waals surface area contributed by atoms with E-state index in [1.165, 1.54) is 12.3 Å². The molecule has 1 N–H and O–H groups in total. The van der Waals surface area contributed by atoms with Crippen molar-refractivity contribution in [3.63, 3.8) is 0 Å². The number of hydrogen-bond donors (Lipinski definition) is 1. The summed E-state index contributed by atoms with van der Waals surface area (Å²) in [5.41, 5.74) is 0.630. The quantitative estimate of drug-likeness (QED) is 0.875. The van der Waals surface area contributed by atoms with E-state index in [1.807, 2.05) is 13.8 Å². The fraction of sp³-hybridized carbons (Fsp3) is 0.538. The zero-order valence-corrected chi connectivity index (χ0v) is 12.1. The molecule has 19 heavy (non-hydrogen) atoms. The van der Waals surface area contributed by atoms with E-state index >= 15 is 0 Å². The number of sulfone groups is 1. The third kappa shape index (κ3) is 5.65. The predicted molar refractivity (Wildman–Crippen MR) is 71.7 cm³/mol. The van der Waals surface area contributed by atoms with Crippen LogP contribution in [0.25, 0.3) is 0 Å². The molecule has 1 aromatic rings. The summed E-state index contributed by atoms with van der Waals surface area (Å²) in [6.45, 7) is 4.14. The normalized spacial score (nSPS) is 15.2. The fourth-order valence-corrected chi connectivity index (χ4v) is 3.00. The van der Waals surface area contributed by atoms with E-state index in [4.69, 9.17) is 0 Å². The smallest absolute Gasteiger partial charge is 0.159 e. The molecular formula is C13H19F2NO2S.